The number of hydrogen-bond acceptors (Lipinski definition) is 3. The molecular formula is C11H12F3N5O. The summed E-state index contributed by atoms with van der Waals surface area (Å²) in [4.78, 5) is 11.9. The Labute approximate surface area is 112 Å². The van der Waals surface area contributed by atoms with E-state index in [0.717, 1.165) is 12.4 Å². The van der Waals surface area contributed by atoms with Crippen molar-refractivity contribution in [1.29, 1.82) is 0 Å². The van der Waals surface area contributed by atoms with Crippen LogP contribution in [-0.4, -0.2) is 31.6 Å². The zero-order chi connectivity index (χ0) is 14.8. The number of halogens is 3. The van der Waals surface area contributed by atoms with E-state index in [1.165, 1.54) is 16.9 Å². The molecule has 0 saturated heterocycles. The maximum atomic E-state index is 12.2. The van der Waals surface area contributed by atoms with Crippen molar-refractivity contribution < 1.29 is 18.0 Å². The van der Waals surface area contributed by atoms with Crippen LogP contribution in [0.1, 0.15) is 17.4 Å². The number of rotatable bonds is 4. The molecule has 2 rings (SSSR count). The van der Waals surface area contributed by atoms with Crippen LogP contribution in [0.2, 0.25) is 0 Å². The first-order valence-corrected chi connectivity index (χ1v) is 5.81. The van der Waals surface area contributed by atoms with Gasteiger partial charge in [0.2, 0.25) is 0 Å². The minimum Gasteiger partial charge on any atom is -0.318 e. The van der Waals surface area contributed by atoms with Crippen molar-refractivity contribution in [2.75, 3.05) is 5.32 Å². The van der Waals surface area contributed by atoms with E-state index in [0.29, 0.717) is 16.9 Å². The molecule has 0 spiro atoms. The predicted octanol–water partition coefficient (Wildman–Crippen LogP) is 1.91. The van der Waals surface area contributed by atoms with E-state index in [1.807, 2.05) is 6.92 Å². The molecular weight excluding hydrogens is 275 g/mol. The van der Waals surface area contributed by atoms with Crippen LogP contribution in [0.3, 0.4) is 0 Å². The Hall–Kier alpha value is -2.32. The molecule has 0 aromatic carbocycles. The molecule has 0 bridgehead atoms. The number of anilines is 1. The van der Waals surface area contributed by atoms with Gasteiger partial charge in [0, 0.05) is 18.9 Å². The second-order valence-electron chi connectivity index (χ2n) is 4.03. The predicted molar refractivity (Wildman–Crippen MR) is 64.1 cm³/mol. The Morgan fingerprint density at radius 1 is 1.40 bits per heavy atom. The second kappa shape index (κ2) is 5.35. The van der Waals surface area contributed by atoms with Crippen LogP contribution in [-0.2, 0) is 13.1 Å². The largest absolute Gasteiger partial charge is 0.408 e. The molecule has 0 saturated carbocycles. The van der Waals surface area contributed by atoms with Gasteiger partial charge in [0.15, 0.2) is 0 Å². The number of aromatic nitrogens is 4. The summed E-state index contributed by atoms with van der Waals surface area (Å²) in [5.41, 5.74) is 0.527. The summed E-state index contributed by atoms with van der Waals surface area (Å²) in [6.07, 6.45) is -0.589. The van der Waals surface area contributed by atoms with Gasteiger partial charge in [-0.3, -0.25) is 14.2 Å². The number of hydrogen-bond donors (Lipinski definition) is 1. The SMILES string of the molecule is CCn1nccc1C(=O)Nc1cnn(CC(F)(F)F)c1. The van der Waals surface area contributed by atoms with Gasteiger partial charge >= 0.3 is 6.18 Å². The maximum Gasteiger partial charge on any atom is 0.408 e. The monoisotopic (exact) mass is 287 g/mol. The van der Waals surface area contributed by atoms with Crippen LogP contribution < -0.4 is 5.32 Å². The molecule has 2 aromatic heterocycles. The number of amides is 1. The summed E-state index contributed by atoms with van der Waals surface area (Å²) in [6, 6.07) is 1.53. The van der Waals surface area contributed by atoms with Crippen LogP contribution in [0.15, 0.2) is 24.7 Å². The molecule has 1 N–H and O–H groups in total. The van der Waals surface area contributed by atoms with Crippen molar-refractivity contribution in [3.8, 4) is 0 Å². The van der Waals surface area contributed by atoms with Crippen molar-refractivity contribution in [3.63, 3.8) is 0 Å². The Kier molecular flexibility index (Phi) is 3.77. The zero-order valence-corrected chi connectivity index (χ0v) is 10.6. The Morgan fingerprint density at radius 2 is 2.15 bits per heavy atom. The molecule has 9 heteroatoms. The fourth-order valence-corrected chi connectivity index (χ4v) is 1.67. The van der Waals surface area contributed by atoms with Crippen LogP contribution in [0.4, 0.5) is 18.9 Å². The first kappa shape index (κ1) is 14.1. The fraction of sp³-hybridized carbons (Fsp3) is 0.364. The van der Waals surface area contributed by atoms with E-state index in [-0.39, 0.29) is 5.69 Å². The van der Waals surface area contributed by atoms with Gasteiger partial charge in [-0.15, -0.1) is 0 Å². The minimum absolute atomic E-state index is 0.197. The van der Waals surface area contributed by atoms with E-state index in [4.69, 9.17) is 0 Å². The average molecular weight is 287 g/mol. The van der Waals surface area contributed by atoms with Crippen molar-refractivity contribution in [3.05, 3.63) is 30.4 Å². The minimum atomic E-state index is -4.35. The van der Waals surface area contributed by atoms with E-state index >= 15 is 0 Å². The standard InChI is InChI=1S/C11H12F3N5O/c1-2-19-9(3-4-15-19)10(20)17-8-5-16-18(6-8)7-11(12,13)14/h3-6H,2,7H2,1H3,(H,17,20). The number of alkyl halides is 3. The van der Waals surface area contributed by atoms with Crippen LogP contribution >= 0.6 is 0 Å². The number of nitrogens with zero attached hydrogens (tertiary/aromatic N) is 4. The number of nitrogens with one attached hydrogen (secondary N) is 1. The lowest BCUT2D eigenvalue weighted by molar-refractivity contribution is -0.142. The Morgan fingerprint density at radius 3 is 2.80 bits per heavy atom. The summed E-state index contributed by atoms with van der Waals surface area (Å²) in [6.45, 7) is 1.14. The molecule has 2 heterocycles. The summed E-state index contributed by atoms with van der Waals surface area (Å²) in [5, 5.41) is 9.95. The van der Waals surface area contributed by atoms with Gasteiger partial charge in [0.05, 0.1) is 11.9 Å². The van der Waals surface area contributed by atoms with Crippen molar-refractivity contribution in [1.82, 2.24) is 19.6 Å². The molecule has 6 nitrogen and oxygen atoms in total. The van der Waals surface area contributed by atoms with Crippen LogP contribution in [0.5, 0.6) is 0 Å². The summed E-state index contributed by atoms with van der Waals surface area (Å²) in [7, 11) is 0. The van der Waals surface area contributed by atoms with Crippen molar-refractivity contribution in [2.45, 2.75) is 26.2 Å². The number of carbonyl (C=O) groups is 1. The topological polar surface area (TPSA) is 64.7 Å². The molecule has 0 fully saturated rings. The summed E-state index contributed by atoms with van der Waals surface area (Å²) >= 11 is 0. The molecule has 0 radical (unpaired) electrons. The van der Waals surface area contributed by atoms with Crippen molar-refractivity contribution >= 4 is 11.6 Å². The normalized spacial score (nSPS) is 11.6. The lowest BCUT2D eigenvalue weighted by Gasteiger charge is -2.06. The van der Waals surface area contributed by atoms with Gasteiger partial charge < -0.3 is 5.32 Å². The quantitative estimate of drug-likeness (QED) is 0.934. The molecule has 0 aliphatic heterocycles. The first-order valence-electron chi connectivity index (χ1n) is 5.81. The molecule has 0 atom stereocenters. The highest BCUT2D eigenvalue weighted by Gasteiger charge is 2.28. The van der Waals surface area contributed by atoms with E-state index in [2.05, 4.69) is 15.5 Å². The highest BCUT2D eigenvalue weighted by Crippen LogP contribution is 2.18. The van der Waals surface area contributed by atoms with E-state index in [9.17, 15) is 18.0 Å². The third kappa shape index (κ3) is 3.37. The van der Waals surface area contributed by atoms with Gasteiger partial charge in [0.1, 0.15) is 12.2 Å². The van der Waals surface area contributed by atoms with Gasteiger partial charge in [-0.1, -0.05) is 0 Å². The summed E-state index contributed by atoms with van der Waals surface area (Å²) in [5.74, 6) is -0.448. The average Bonchev–Trinajstić information content (AvgIpc) is 2.95. The lowest BCUT2D eigenvalue weighted by atomic mass is 10.4. The number of aryl methyl sites for hydroxylation is 1. The third-order valence-electron chi connectivity index (χ3n) is 2.48. The molecule has 108 valence electrons. The maximum absolute atomic E-state index is 12.2. The zero-order valence-electron chi connectivity index (χ0n) is 10.6. The molecule has 0 aliphatic rings. The van der Waals surface area contributed by atoms with Crippen LogP contribution in [0.25, 0.3) is 0 Å². The van der Waals surface area contributed by atoms with E-state index < -0.39 is 18.6 Å². The molecule has 0 unspecified atom stereocenters. The smallest absolute Gasteiger partial charge is 0.318 e. The molecule has 0 aliphatic carbocycles. The Bertz CT molecular complexity index is 601. The third-order valence-corrected chi connectivity index (χ3v) is 2.48. The number of carbonyl (C=O) groups excluding carboxylic acids is 1. The van der Waals surface area contributed by atoms with Crippen molar-refractivity contribution in [2.24, 2.45) is 0 Å². The van der Waals surface area contributed by atoms with Gasteiger partial charge in [-0.25, -0.2) is 0 Å². The molecule has 20 heavy (non-hydrogen) atoms. The molecule has 2 aromatic rings. The fourth-order valence-electron chi connectivity index (χ4n) is 1.67. The lowest BCUT2D eigenvalue weighted by Crippen LogP contribution is -2.18. The Balaban J connectivity index is 2.05. The summed E-state index contributed by atoms with van der Waals surface area (Å²) < 4.78 is 38.7. The van der Waals surface area contributed by atoms with E-state index in [1.54, 1.807) is 0 Å². The highest BCUT2D eigenvalue weighted by atomic mass is 19.4. The molecule has 1 amide bonds. The first-order chi connectivity index (χ1) is 9.39. The van der Waals surface area contributed by atoms with Crippen LogP contribution in [0, 0.1) is 0 Å². The van der Waals surface area contributed by atoms with Gasteiger partial charge in [-0.2, -0.15) is 23.4 Å². The highest BCUT2D eigenvalue weighted by molar-refractivity contribution is 6.02. The van der Waals surface area contributed by atoms with Gasteiger partial charge in [0.25, 0.3) is 5.91 Å². The van der Waals surface area contributed by atoms with Gasteiger partial charge in [-0.05, 0) is 13.0 Å². The second-order valence-corrected chi connectivity index (χ2v) is 4.03.